The number of carbonyl (C=O) groups is 1. The summed E-state index contributed by atoms with van der Waals surface area (Å²) in [6.45, 7) is 1.10. The Morgan fingerprint density at radius 2 is 2.07 bits per heavy atom. The largest absolute Gasteiger partial charge is 0.470 e. The van der Waals surface area contributed by atoms with Crippen LogP contribution in [0.3, 0.4) is 0 Å². The molecule has 2 heterocycles. The summed E-state index contributed by atoms with van der Waals surface area (Å²) in [4.78, 5) is 12.4. The molecule has 1 amide bonds. The van der Waals surface area contributed by atoms with Gasteiger partial charge in [-0.1, -0.05) is 29.3 Å². The average molecular weight is 437 g/mol. The van der Waals surface area contributed by atoms with Gasteiger partial charge < -0.3 is 9.84 Å². The summed E-state index contributed by atoms with van der Waals surface area (Å²) in [5.41, 5.74) is -3.79. The first kappa shape index (κ1) is 20.4. The van der Waals surface area contributed by atoms with E-state index in [1.54, 1.807) is 18.2 Å². The number of alkyl halides is 3. The second-order valence-electron chi connectivity index (χ2n) is 6.01. The molecule has 1 unspecified atom stereocenters. The molecule has 0 radical (unpaired) electrons. The van der Waals surface area contributed by atoms with Gasteiger partial charge in [0.1, 0.15) is 10.8 Å². The van der Waals surface area contributed by atoms with Gasteiger partial charge in [-0.05, 0) is 25.1 Å². The number of benzene rings is 1. The number of rotatable bonds is 4. The van der Waals surface area contributed by atoms with Gasteiger partial charge in [-0.25, -0.2) is 4.68 Å². The molecule has 1 aromatic heterocycles. The van der Waals surface area contributed by atoms with Gasteiger partial charge >= 0.3 is 6.18 Å². The van der Waals surface area contributed by atoms with E-state index < -0.39 is 24.2 Å². The molecular formula is C16H13Cl2F3N4O3. The lowest BCUT2D eigenvalue weighted by molar-refractivity contribution is -0.297. The predicted molar refractivity (Wildman–Crippen MR) is 94.2 cm³/mol. The molecule has 12 heteroatoms. The molecule has 3 rings (SSSR count). The molecule has 0 spiro atoms. The third-order valence-electron chi connectivity index (χ3n) is 3.90. The molecule has 0 saturated heterocycles. The number of hydrogen-bond acceptors (Lipinski definition) is 5. The number of nitrogens with zero attached hydrogens (tertiary/aromatic N) is 4. The van der Waals surface area contributed by atoms with E-state index >= 15 is 0 Å². The minimum absolute atomic E-state index is 0.00367. The van der Waals surface area contributed by atoms with E-state index in [9.17, 15) is 23.1 Å². The zero-order valence-electron chi connectivity index (χ0n) is 14.2. The van der Waals surface area contributed by atoms with E-state index in [0.29, 0.717) is 0 Å². The summed E-state index contributed by atoms with van der Waals surface area (Å²) < 4.78 is 46.3. The zero-order valence-corrected chi connectivity index (χ0v) is 15.8. The molecule has 150 valence electrons. The predicted octanol–water partition coefficient (Wildman–Crippen LogP) is 3.70. The van der Waals surface area contributed by atoms with Crippen LogP contribution in [0, 0.1) is 0 Å². The van der Waals surface area contributed by atoms with E-state index in [0.717, 1.165) is 0 Å². The van der Waals surface area contributed by atoms with E-state index in [1.165, 1.54) is 23.9 Å². The number of ether oxygens (including phenoxy) is 1. The van der Waals surface area contributed by atoms with Crippen LogP contribution in [0.4, 0.5) is 13.2 Å². The molecule has 7 nitrogen and oxygen atoms in total. The molecule has 0 saturated carbocycles. The average Bonchev–Trinajstić information content (AvgIpc) is 3.20. The first-order valence-corrected chi connectivity index (χ1v) is 8.56. The standard InChI is InChI=1S/C16H13Cl2F3N4O3/c1-9-7-15(27,16(19,20)21)25(22-9)14(26)11-5-6-24(23-11)8-28-12-4-2-3-10(17)13(12)18/h2-6,27H,7-8H2,1H3. The van der Waals surface area contributed by atoms with E-state index in [2.05, 4.69) is 10.2 Å². The summed E-state index contributed by atoms with van der Waals surface area (Å²) in [5, 5.41) is 17.9. The number of aromatic nitrogens is 2. The van der Waals surface area contributed by atoms with Crippen molar-refractivity contribution in [3.63, 3.8) is 0 Å². The fourth-order valence-corrected chi connectivity index (χ4v) is 2.89. The first-order chi connectivity index (χ1) is 13.0. The lowest BCUT2D eigenvalue weighted by Gasteiger charge is -2.32. The van der Waals surface area contributed by atoms with Crippen molar-refractivity contribution in [3.05, 3.63) is 46.2 Å². The smallest absolute Gasteiger partial charge is 0.438 e. The van der Waals surface area contributed by atoms with E-state index in [-0.39, 0.29) is 38.9 Å². The van der Waals surface area contributed by atoms with Crippen molar-refractivity contribution in [2.75, 3.05) is 0 Å². The van der Waals surface area contributed by atoms with Gasteiger partial charge in [0.05, 0.1) is 5.02 Å². The highest BCUT2D eigenvalue weighted by molar-refractivity contribution is 6.42. The maximum Gasteiger partial charge on any atom is 0.438 e. The van der Waals surface area contributed by atoms with Crippen LogP contribution in [0.2, 0.25) is 10.0 Å². The monoisotopic (exact) mass is 436 g/mol. The molecule has 0 fully saturated rings. The van der Waals surface area contributed by atoms with Crippen molar-refractivity contribution in [3.8, 4) is 5.75 Å². The Balaban J connectivity index is 1.76. The second-order valence-corrected chi connectivity index (χ2v) is 6.79. The summed E-state index contributed by atoms with van der Waals surface area (Å²) in [6.07, 6.45) is -4.59. The highest BCUT2D eigenvalue weighted by atomic mass is 35.5. The summed E-state index contributed by atoms with van der Waals surface area (Å²) >= 11 is 11.9. The molecule has 1 aliphatic heterocycles. The normalized spacial score (nSPS) is 19.7. The molecular weight excluding hydrogens is 424 g/mol. The molecule has 1 aromatic carbocycles. The van der Waals surface area contributed by atoms with Crippen molar-refractivity contribution in [1.82, 2.24) is 14.8 Å². The van der Waals surface area contributed by atoms with Gasteiger partial charge in [0, 0.05) is 18.3 Å². The molecule has 28 heavy (non-hydrogen) atoms. The topological polar surface area (TPSA) is 80.0 Å². The number of halogens is 5. The Morgan fingerprint density at radius 1 is 1.36 bits per heavy atom. The van der Waals surface area contributed by atoms with Crippen molar-refractivity contribution in [2.45, 2.75) is 32.0 Å². The fourth-order valence-electron chi connectivity index (χ4n) is 2.54. The Hall–Kier alpha value is -2.30. The van der Waals surface area contributed by atoms with Crippen LogP contribution >= 0.6 is 23.2 Å². The van der Waals surface area contributed by atoms with Crippen LogP contribution in [0.25, 0.3) is 0 Å². The van der Waals surface area contributed by atoms with Crippen LogP contribution in [0.5, 0.6) is 5.75 Å². The van der Waals surface area contributed by atoms with E-state index in [1.807, 2.05) is 0 Å². The molecule has 1 atom stereocenters. The van der Waals surface area contributed by atoms with Crippen molar-refractivity contribution in [2.24, 2.45) is 5.10 Å². The lowest BCUT2D eigenvalue weighted by Crippen LogP contribution is -2.56. The summed E-state index contributed by atoms with van der Waals surface area (Å²) in [7, 11) is 0. The van der Waals surface area contributed by atoms with Crippen molar-refractivity contribution in [1.29, 1.82) is 0 Å². The number of aliphatic hydroxyl groups is 1. The van der Waals surface area contributed by atoms with E-state index in [4.69, 9.17) is 27.9 Å². The molecule has 0 aliphatic carbocycles. The SMILES string of the molecule is CC1=NN(C(=O)c2ccn(COc3cccc(Cl)c3Cl)n2)C(O)(C(F)(F)F)C1. The molecule has 0 bridgehead atoms. The van der Waals surface area contributed by atoms with Crippen LogP contribution in [0.15, 0.2) is 35.6 Å². The maximum atomic E-state index is 13.2. The Labute approximate surface area is 166 Å². The fraction of sp³-hybridized carbons (Fsp3) is 0.312. The van der Waals surface area contributed by atoms with Crippen LogP contribution < -0.4 is 4.74 Å². The number of amides is 1. The number of hydrazone groups is 1. The maximum absolute atomic E-state index is 13.2. The zero-order chi connectivity index (χ0) is 20.7. The van der Waals surface area contributed by atoms with Gasteiger partial charge in [0.2, 0.25) is 0 Å². The highest BCUT2D eigenvalue weighted by Crippen LogP contribution is 2.40. The van der Waals surface area contributed by atoms with Gasteiger partial charge in [-0.3, -0.25) is 4.79 Å². The van der Waals surface area contributed by atoms with Crippen molar-refractivity contribution >= 4 is 34.8 Å². The minimum Gasteiger partial charge on any atom is -0.470 e. The third-order valence-corrected chi connectivity index (χ3v) is 4.70. The van der Waals surface area contributed by atoms with Gasteiger partial charge in [0.25, 0.3) is 11.6 Å². The number of hydrogen-bond donors (Lipinski definition) is 1. The van der Waals surface area contributed by atoms with Crippen LogP contribution in [0.1, 0.15) is 23.8 Å². The molecule has 1 N–H and O–H groups in total. The number of carbonyl (C=O) groups excluding carboxylic acids is 1. The lowest BCUT2D eigenvalue weighted by atomic mass is 10.1. The van der Waals surface area contributed by atoms with Crippen molar-refractivity contribution < 1.29 is 27.8 Å². The summed E-state index contributed by atoms with van der Waals surface area (Å²) in [6, 6.07) is 5.94. The van der Waals surface area contributed by atoms with Gasteiger partial charge in [-0.2, -0.15) is 28.4 Å². The quantitative estimate of drug-likeness (QED) is 0.792. The molecule has 2 aromatic rings. The van der Waals surface area contributed by atoms with Crippen LogP contribution in [-0.4, -0.2) is 43.4 Å². The summed E-state index contributed by atoms with van der Waals surface area (Å²) in [5.74, 6) is -0.931. The second kappa shape index (κ2) is 7.26. The van der Waals surface area contributed by atoms with Gasteiger partial charge in [0.15, 0.2) is 12.4 Å². The highest BCUT2D eigenvalue weighted by Gasteiger charge is 2.63. The Bertz CT molecular complexity index is 947. The Kier molecular flexibility index (Phi) is 5.30. The minimum atomic E-state index is -5.08. The first-order valence-electron chi connectivity index (χ1n) is 7.81. The van der Waals surface area contributed by atoms with Crippen LogP contribution in [-0.2, 0) is 6.73 Å². The van der Waals surface area contributed by atoms with Gasteiger partial charge in [-0.15, -0.1) is 0 Å². The molecule has 1 aliphatic rings. The third kappa shape index (κ3) is 3.67. The Morgan fingerprint density at radius 3 is 2.75 bits per heavy atom.